The Morgan fingerprint density at radius 1 is 1.24 bits per heavy atom. The second kappa shape index (κ2) is 7.73. The van der Waals surface area contributed by atoms with Gasteiger partial charge in [-0.2, -0.15) is 0 Å². The topological polar surface area (TPSA) is 67.8 Å². The lowest BCUT2D eigenvalue weighted by Gasteiger charge is -2.18. The van der Waals surface area contributed by atoms with E-state index in [4.69, 9.17) is 0 Å². The Balaban J connectivity index is 1.93. The van der Waals surface area contributed by atoms with Crippen LogP contribution in [0.2, 0.25) is 0 Å². The van der Waals surface area contributed by atoms with E-state index in [1.165, 1.54) is 11.8 Å². The van der Waals surface area contributed by atoms with Gasteiger partial charge in [-0.25, -0.2) is 9.97 Å². The number of amides is 1. The molecule has 110 valence electrons. The van der Waals surface area contributed by atoms with Crippen LogP contribution in [0.4, 0.5) is 0 Å². The molecule has 1 amide bonds. The van der Waals surface area contributed by atoms with Crippen LogP contribution in [0.3, 0.4) is 0 Å². The Kier molecular flexibility index (Phi) is 5.68. The first-order valence-electron chi connectivity index (χ1n) is 6.81. The molecule has 0 aliphatic rings. The van der Waals surface area contributed by atoms with Gasteiger partial charge in [-0.15, -0.1) is 0 Å². The number of pyridine rings is 1. The number of thioether (sulfide) groups is 1. The van der Waals surface area contributed by atoms with E-state index in [0.29, 0.717) is 10.9 Å². The third kappa shape index (κ3) is 4.53. The quantitative estimate of drug-likeness (QED) is 0.656. The fourth-order valence-corrected chi connectivity index (χ4v) is 2.57. The monoisotopic (exact) mass is 302 g/mol. The van der Waals surface area contributed by atoms with Crippen molar-refractivity contribution in [2.75, 3.05) is 5.75 Å². The van der Waals surface area contributed by atoms with Gasteiger partial charge in [0.05, 0.1) is 17.5 Å². The van der Waals surface area contributed by atoms with Crippen molar-refractivity contribution in [3.05, 3.63) is 48.0 Å². The minimum absolute atomic E-state index is 0.0376. The number of rotatable bonds is 6. The molecular formula is C15H18N4OS. The average Bonchev–Trinajstić information content (AvgIpc) is 2.52. The van der Waals surface area contributed by atoms with E-state index >= 15 is 0 Å². The lowest BCUT2D eigenvalue weighted by Crippen LogP contribution is -2.30. The smallest absolute Gasteiger partial charge is 0.231 e. The van der Waals surface area contributed by atoms with Crippen molar-refractivity contribution in [3.8, 4) is 0 Å². The zero-order chi connectivity index (χ0) is 15.1. The Bertz CT molecular complexity index is 591. The SMILES string of the molecule is CCC(NC(=O)CSc1ncccn1)c1ncccc1C. The first-order valence-corrected chi connectivity index (χ1v) is 7.80. The molecule has 1 unspecified atom stereocenters. The highest BCUT2D eigenvalue weighted by molar-refractivity contribution is 7.99. The minimum Gasteiger partial charge on any atom is -0.347 e. The molecule has 0 spiro atoms. The molecule has 0 saturated carbocycles. The maximum Gasteiger partial charge on any atom is 0.231 e. The summed E-state index contributed by atoms with van der Waals surface area (Å²) in [6, 6.07) is 5.59. The van der Waals surface area contributed by atoms with Crippen LogP contribution in [-0.2, 0) is 4.79 Å². The zero-order valence-electron chi connectivity index (χ0n) is 12.1. The predicted molar refractivity (Wildman–Crippen MR) is 82.9 cm³/mol. The third-order valence-electron chi connectivity index (χ3n) is 3.00. The molecule has 1 atom stereocenters. The van der Waals surface area contributed by atoms with Crippen LogP contribution in [0.15, 0.2) is 41.9 Å². The van der Waals surface area contributed by atoms with E-state index in [1.54, 1.807) is 24.7 Å². The summed E-state index contributed by atoms with van der Waals surface area (Å²) in [5, 5.41) is 3.62. The summed E-state index contributed by atoms with van der Waals surface area (Å²) in [5.74, 6) is 0.260. The van der Waals surface area contributed by atoms with E-state index in [2.05, 4.69) is 20.3 Å². The van der Waals surface area contributed by atoms with E-state index in [9.17, 15) is 4.79 Å². The number of carbonyl (C=O) groups is 1. The van der Waals surface area contributed by atoms with Gasteiger partial charge in [-0.3, -0.25) is 9.78 Å². The minimum atomic E-state index is -0.0593. The molecule has 2 aromatic rings. The van der Waals surface area contributed by atoms with Crippen LogP contribution in [0.25, 0.3) is 0 Å². The molecule has 0 saturated heterocycles. The standard InChI is InChI=1S/C15H18N4OS/c1-3-12(14-11(2)6-4-7-16-14)19-13(20)10-21-15-17-8-5-9-18-15/h4-9,12H,3,10H2,1-2H3,(H,19,20). The number of nitrogens with zero attached hydrogens (tertiary/aromatic N) is 3. The van der Waals surface area contributed by atoms with Crippen LogP contribution in [-0.4, -0.2) is 26.6 Å². The van der Waals surface area contributed by atoms with Gasteiger partial charge in [0, 0.05) is 18.6 Å². The van der Waals surface area contributed by atoms with Gasteiger partial charge in [0.25, 0.3) is 0 Å². The number of hydrogen-bond acceptors (Lipinski definition) is 5. The molecular weight excluding hydrogens is 284 g/mol. The van der Waals surface area contributed by atoms with Crippen molar-refractivity contribution >= 4 is 17.7 Å². The largest absolute Gasteiger partial charge is 0.347 e. The summed E-state index contributed by atoms with van der Waals surface area (Å²) in [4.78, 5) is 24.6. The van der Waals surface area contributed by atoms with Crippen molar-refractivity contribution in [2.45, 2.75) is 31.5 Å². The molecule has 0 fully saturated rings. The maximum atomic E-state index is 12.1. The molecule has 21 heavy (non-hydrogen) atoms. The number of nitrogens with one attached hydrogen (secondary N) is 1. The van der Waals surface area contributed by atoms with Gasteiger partial charge in [-0.1, -0.05) is 24.8 Å². The van der Waals surface area contributed by atoms with Crippen LogP contribution in [0, 0.1) is 6.92 Å². The summed E-state index contributed by atoms with van der Waals surface area (Å²) in [5.41, 5.74) is 2.01. The van der Waals surface area contributed by atoms with Gasteiger partial charge < -0.3 is 5.32 Å². The number of carbonyl (C=O) groups excluding carboxylic acids is 1. The number of aromatic nitrogens is 3. The molecule has 0 aromatic carbocycles. The molecule has 2 rings (SSSR count). The molecule has 1 N–H and O–H groups in total. The number of aryl methyl sites for hydroxylation is 1. The Labute approximate surface area is 128 Å². The summed E-state index contributed by atoms with van der Waals surface area (Å²) in [6.45, 7) is 4.04. The van der Waals surface area contributed by atoms with Crippen molar-refractivity contribution in [1.29, 1.82) is 0 Å². The fourth-order valence-electron chi connectivity index (χ4n) is 1.95. The van der Waals surface area contributed by atoms with Crippen LogP contribution in [0.5, 0.6) is 0 Å². The van der Waals surface area contributed by atoms with Gasteiger partial charge in [0.1, 0.15) is 0 Å². The highest BCUT2D eigenvalue weighted by atomic mass is 32.2. The van der Waals surface area contributed by atoms with E-state index in [0.717, 1.165) is 17.7 Å². The van der Waals surface area contributed by atoms with E-state index < -0.39 is 0 Å². The van der Waals surface area contributed by atoms with Crippen LogP contribution in [0.1, 0.15) is 30.6 Å². The van der Waals surface area contributed by atoms with Gasteiger partial charge in [0.2, 0.25) is 5.91 Å². The highest BCUT2D eigenvalue weighted by Crippen LogP contribution is 2.18. The molecule has 2 heterocycles. The fraction of sp³-hybridized carbons (Fsp3) is 0.333. The molecule has 0 radical (unpaired) electrons. The molecule has 0 aliphatic heterocycles. The molecule has 0 bridgehead atoms. The lowest BCUT2D eigenvalue weighted by molar-refractivity contribution is -0.119. The van der Waals surface area contributed by atoms with Gasteiger partial charge >= 0.3 is 0 Å². The summed E-state index contributed by atoms with van der Waals surface area (Å²) in [6.07, 6.45) is 5.89. The van der Waals surface area contributed by atoms with Crippen LogP contribution < -0.4 is 5.32 Å². The van der Waals surface area contributed by atoms with Crippen molar-refractivity contribution in [1.82, 2.24) is 20.3 Å². The summed E-state index contributed by atoms with van der Waals surface area (Å²) in [7, 11) is 0. The molecule has 0 aliphatic carbocycles. The molecule has 2 aromatic heterocycles. The summed E-state index contributed by atoms with van der Waals surface area (Å²) >= 11 is 1.33. The van der Waals surface area contributed by atoms with E-state index in [-0.39, 0.29) is 11.9 Å². The van der Waals surface area contributed by atoms with Crippen molar-refractivity contribution in [2.24, 2.45) is 0 Å². The van der Waals surface area contributed by atoms with Crippen molar-refractivity contribution < 1.29 is 4.79 Å². The highest BCUT2D eigenvalue weighted by Gasteiger charge is 2.16. The van der Waals surface area contributed by atoms with Crippen LogP contribution >= 0.6 is 11.8 Å². The second-order valence-electron chi connectivity index (χ2n) is 4.55. The average molecular weight is 302 g/mol. The Hall–Kier alpha value is -1.95. The lowest BCUT2D eigenvalue weighted by atomic mass is 10.1. The number of hydrogen-bond donors (Lipinski definition) is 1. The third-order valence-corrected chi connectivity index (χ3v) is 3.87. The first-order chi connectivity index (χ1) is 10.2. The normalized spacial score (nSPS) is 11.9. The zero-order valence-corrected chi connectivity index (χ0v) is 12.9. The maximum absolute atomic E-state index is 12.1. The molecule has 6 heteroatoms. The van der Waals surface area contributed by atoms with E-state index in [1.807, 2.05) is 26.0 Å². The second-order valence-corrected chi connectivity index (χ2v) is 5.50. The van der Waals surface area contributed by atoms with Gasteiger partial charge in [-0.05, 0) is 31.0 Å². The van der Waals surface area contributed by atoms with Gasteiger partial charge in [0.15, 0.2) is 5.16 Å². The van der Waals surface area contributed by atoms with Crippen molar-refractivity contribution in [3.63, 3.8) is 0 Å². The molecule has 5 nitrogen and oxygen atoms in total. The Morgan fingerprint density at radius 3 is 2.62 bits per heavy atom. The summed E-state index contributed by atoms with van der Waals surface area (Å²) < 4.78 is 0. The first kappa shape index (κ1) is 15.4. The predicted octanol–water partition coefficient (Wildman–Crippen LogP) is 2.54. The Morgan fingerprint density at radius 2 is 1.95 bits per heavy atom.